The Bertz CT molecular complexity index is 207. The van der Waals surface area contributed by atoms with Crippen molar-refractivity contribution in [1.29, 1.82) is 0 Å². The third kappa shape index (κ3) is 3.96. The van der Waals surface area contributed by atoms with E-state index in [1.54, 1.807) is 0 Å². The van der Waals surface area contributed by atoms with Gasteiger partial charge in [-0.15, -0.1) is 0 Å². The van der Waals surface area contributed by atoms with Crippen molar-refractivity contribution in [2.45, 2.75) is 76.8 Å². The summed E-state index contributed by atoms with van der Waals surface area (Å²) in [7, 11) is 0. The molecule has 2 saturated carbocycles. The number of nitrogens with zero attached hydrogens (tertiary/aromatic N) is 1. The minimum atomic E-state index is 0.362. The van der Waals surface area contributed by atoms with Gasteiger partial charge in [0.1, 0.15) is 0 Å². The fourth-order valence-electron chi connectivity index (χ4n) is 3.36. The maximum atomic E-state index is 8.89. The van der Waals surface area contributed by atoms with E-state index in [2.05, 4.69) is 11.8 Å². The van der Waals surface area contributed by atoms with Gasteiger partial charge in [-0.3, -0.25) is 4.90 Å². The van der Waals surface area contributed by atoms with E-state index < -0.39 is 0 Å². The lowest BCUT2D eigenvalue weighted by molar-refractivity contribution is 0.122. The van der Waals surface area contributed by atoms with Gasteiger partial charge in [0.15, 0.2) is 0 Å². The van der Waals surface area contributed by atoms with Crippen molar-refractivity contribution >= 4 is 0 Å². The van der Waals surface area contributed by atoms with Crippen LogP contribution >= 0.6 is 0 Å². The first-order valence-electron chi connectivity index (χ1n) is 7.71. The lowest BCUT2D eigenvalue weighted by Crippen LogP contribution is -2.40. The molecule has 0 bridgehead atoms. The van der Waals surface area contributed by atoms with E-state index in [4.69, 9.17) is 5.11 Å². The number of hydrogen-bond acceptors (Lipinski definition) is 2. The Morgan fingerprint density at radius 1 is 0.941 bits per heavy atom. The first-order chi connectivity index (χ1) is 8.35. The number of aliphatic hydroxyl groups excluding tert-OH is 1. The van der Waals surface area contributed by atoms with E-state index in [1.165, 1.54) is 57.9 Å². The summed E-state index contributed by atoms with van der Waals surface area (Å²) >= 11 is 0. The standard InChI is InChI=1S/C15H29NO/c1-2-13-5-7-14(8-6-13)16(15-9-10-15)11-3-4-12-17/h13-15,17H,2-12H2,1H3. The first kappa shape index (κ1) is 13.4. The number of unbranched alkanes of at least 4 members (excludes halogenated alkanes) is 1. The average Bonchev–Trinajstić information content (AvgIpc) is 3.19. The van der Waals surface area contributed by atoms with Gasteiger partial charge in [-0.1, -0.05) is 13.3 Å². The van der Waals surface area contributed by atoms with Crippen LogP contribution in [-0.2, 0) is 0 Å². The van der Waals surface area contributed by atoms with Gasteiger partial charge >= 0.3 is 0 Å². The summed E-state index contributed by atoms with van der Waals surface area (Å²) in [5, 5.41) is 8.89. The molecule has 2 heteroatoms. The Balaban J connectivity index is 1.76. The molecule has 0 saturated heterocycles. The van der Waals surface area contributed by atoms with Crippen molar-refractivity contribution in [3.8, 4) is 0 Å². The molecule has 2 aliphatic carbocycles. The van der Waals surface area contributed by atoms with Gasteiger partial charge in [-0.25, -0.2) is 0 Å². The summed E-state index contributed by atoms with van der Waals surface area (Å²) in [5.74, 6) is 1.00. The van der Waals surface area contributed by atoms with Gasteiger partial charge in [-0.05, 0) is 63.8 Å². The van der Waals surface area contributed by atoms with Crippen LogP contribution in [-0.4, -0.2) is 35.2 Å². The van der Waals surface area contributed by atoms with Crippen LogP contribution in [0.5, 0.6) is 0 Å². The zero-order valence-corrected chi connectivity index (χ0v) is 11.4. The molecule has 0 radical (unpaired) electrons. The molecule has 0 aromatic carbocycles. The highest BCUT2D eigenvalue weighted by Gasteiger charge is 2.34. The molecule has 2 rings (SSSR count). The van der Waals surface area contributed by atoms with Gasteiger partial charge in [0, 0.05) is 18.7 Å². The second-order valence-corrected chi connectivity index (χ2v) is 5.98. The topological polar surface area (TPSA) is 23.5 Å². The van der Waals surface area contributed by atoms with Crippen molar-refractivity contribution in [3.63, 3.8) is 0 Å². The molecule has 0 spiro atoms. The molecule has 0 unspecified atom stereocenters. The monoisotopic (exact) mass is 239 g/mol. The van der Waals surface area contributed by atoms with Crippen LogP contribution in [0.3, 0.4) is 0 Å². The fraction of sp³-hybridized carbons (Fsp3) is 1.00. The molecule has 0 atom stereocenters. The molecule has 17 heavy (non-hydrogen) atoms. The second-order valence-electron chi connectivity index (χ2n) is 5.98. The Morgan fingerprint density at radius 2 is 1.53 bits per heavy atom. The van der Waals surface area contributed by atoms with Crippen LogP contribution in [0.2, 0.25) is 0 Å². The van der Waals surface area contributed by atoms with Gasteiger partial charge < -0.3 is 5.11 Å². The maximum Gasteiger partial charge on any atom is 0.0431 e. The van der Waals surface area contributed by atoms with Crippen molar-refractivity contribution in [1.82, 2.24) is 4.90 Å². The van der Waals surface area contributed by atoms with E-state index in [0.29, 0.717) is 6.61 Å². The molecule has 2 nitrogen and oxygen atoms in total. The highest BCUT2D eigenvalue weighted by Crippen LogP contribution is 2.36. The Labute approximate surface area is 106 Å². The third-order valence-electron chi connectivity index (χ3n) is 4.70. The maximum absolute atomic E-state index is 8.89. The van der Waals surface area contributed by atoms with Crippen LogP contribution < -0.4 is 0 Å². The molecule has 0 aromatic rings. The summed E-state index contributed by atoms with van der Waals surface area (Å²) in [4.78, 5) is 2.78. The van der Waals surface area contributed by atoms with Crippen LogP contribution in [0.15, 0.2) is 0 Å². The van der Waals surface area contributed by atoms with E-state index in [-0.39, 0.29) is 0 Å². The fourth-order valence-corrected chi connectivity index (χ4v) is 3.36. The van der Waals surface area contributed by atoms with Crippen LogP contribution in [0.1, 0.15) is 64.7 Å². The molecular weight excluding hydrogens is 210 g/mol. The molecule has 1 N–H and O–H groups in total. The van der Waals surface area contributed by atoms with Crippen molar-refractivity contribution in [2.75, 3.05) is 13.2 Å². The van der Waals surface area contributed by atoms with E-state index >= 15 is 0 Å². The smallest absolute Gasteiger partial charge is 0.0431 e. The Morgan fingerprint density at radius 3 is 2.00 bits per heavy atom. The molecule has 2 fully saturated rings. The molecule has 0 heterocycles. The number of aliphatic hydroxyl groups is 1. The number of rotatable bonds is 7. The summed E-state index contributed by atoms with van der Waals surface area (Å²) in [5.41, 5.74) is 0. The van der Waals surface area contributed by atoms with Gasteiger partial charge in [0.05, 0.1) is 0 Å². The van der Waals surface area contributed by atoms with E-state index in [1.807, 2.05) is 0 Å². The predicted octanol–water partition coefficient (Wildman–Crippen LogP) is 3.19. The number of hydrogen-bond donors (Lipinski definition) is 1. The summed E-state index contributed by atoms with van der Waals surface area (Å²) in [6.07, 6.45) is 12.1. The Hall–Kier alpha value is -0.0800. The van der Waals surface area contributed by atoms with Gasteiger partial charge in [0.2, 0.25) is 0 Å². The largest absolute Gasteiger partial charge is 0.396 e. The van der Waals surface area contributed by atoms with E-state index in [9.17, 15) is 0 Å². The van der Waals surface area contributed by atoms with Crippen molar-refractivity contribution in [3.05, 3.63) is 0 Å². The summed E-state index contributed by atoms with van der Waals surface area (Å²) < 4.78 is 0. The normalized spacial score (nSPS) is 29.8. The lowest BCUT2D eigenvalue weighted by Gasteiger charge is -2.37. The van der Waals surface area contributed by atoms with Crippen molar-refractivity contribution < 1.29 is 5.11 Å². The van der Waals surface area contributed by atoms with Crippen LogP contribution in [0.25, 0.3) is 0 Å². The zero-order valence-electron chi connectivity index (χ0n) is 11.4. The summed E-state index contributed by atoms with van der Waals surface area (Å²) in [6.45, 7) is 3.93. The van der Waals surface area contributed by atoms with Crippen LogP contribution in [0.4, 0.5) is 0 Å². The van der Waals surface area contributed by atoms with Gasteiger partial charge in [0.25, 0.3) is 0 Å². The quantitative estimate of drug-likeness (QED) is 0.690. The molecular formula is C15H29NO. The van der Waals surface area contributed by atoms with Gasteiger partial charge in [-0.2, -0.15) is 0 Å². The highest BCUT2D eigenvalue weighted by molar-refractivity contribution is 4.90. The first-order valence-corrected chi connectivity index (χ1v) is 7.71. The molecule has 2 aliphatic rings. The minimum absolute atomic E-state index is 0.362. The zero-order chi connectivity index (χ0) is 12.1. The molecule has 0 aliphatic heterocycles. The second kappa shape index (κ2) is 6.75. The average molecular weight is 239 g/mol. The minimum Gasteiger partial charge on any atom is -0.396 e. The summed E-state index contributed by atoms with van der Waals surface area (Å²) in [6, 6.07) is 1.76. The predicted molar refractivity (Wildman–Crippen MR) is 72.1 cm³/mol. The lowest BCUT2D eigenvalue weighted by atomic mass is 9.84. The molecule has 100 valence electrons. The van der Waals surface area contributed by atoms with Crippen molar-refractivity contribution in [2.24, 2.45) is 5.92 Å². The molecule has 0 aromatic heterocycles. The molecule has 0 amide bonds. The van der Waals surface area contributed by atoms with Crippen LogP contribution in [0, 0.1) is 5.92 Å². The third-order valence-corrected chi connectivity index (χ3v) is 4.70. The SMILES string of the molecule is CCC1CCC(N(CCCCO)C2CC2)CC1. The van der Waals surface area contributed by atoms with E-state index in [0.717, 1.165) is 24.4 Å². The Kier molecular flexibility index (Phi) is 5.30. The highest BCUT2D eigenvalue weighted by atomic mass is 16.2.